The first kappa shape index (κ1) is 12.0. The Morgan fingerprint density at radius 3 is 2.69 bits per heavy atom. The largest absolute Gasteiger partial charge is 0.251 e. The molecule has 1 aromatic heterocycles. The number of aryl methyl sites for hydroxylation is 1. The maximum atomic E-state index is 11.9. The van der Waals surface area contributed by atoms with Crippen molar-refractivity contribution < 1.29 is 8.42 Å². The van der Waals surface area contributed by atoms with Crippen LogP contribution in [-0.4, -0.2) is 19.3 Å². The molecule has 1 fully saturated rings. The first-order valence-electron chi connectivity index (χ1n) is 5.40. The Labute approximate surface area is 100 Å². The van der Waals surface area contributed by atoms with Crippen LogP contribution >= 0.6 is 11.5 Å². The fourth-order valence-electron chi connectivity index (χ4n) is 1.62. The lowest BCUT2D eigenvalue weighted by atomic mass is 10.1. The zero-order chi connectivity index (χ0) is 11.8. The highest BCUT2D eigenvalue weighted by Crippen LogP contribution is 2.48. The van der Waals surface area contributed by atoms with Crippen molar-refractivity contribution in [3.8, 4) is 0 Å². The lowest BCUT2D eigenvalue weighted by Gasteiger charge is -2.12. The van der Waals surface area contributed by atoms with Gasteiger partial charge in [-0.25, -0.2) is 13.1 Å². The molecular formula is C10H16N2O2S2. The van der Waals surface area contributed by atoms with E-state index in [1.165, 1.54) is 0 Å². The minimum Gasteiger partial charge on any atom is -0.210 e. The first-order valence-corrected chi connectivity index (χ1v) is 7.66. The molecule has 0 amide bonds. The number of aromatic nitrogens is 1. The van der Waals surface area contributed by atoms with E-state index in [2.05, 4.69) is 16.0 Å². The Balaban J connectivity index is 2.04. The Kier molecular flexibility index (Phi) is 3.07. The van der Waals surface area contributed by atoms with E-state index in [4.69, 9.17) is 0 Å². The third kappa shape index (κ3) is 2.44. The molecule has 6 heteroatoms. The Hall–Kier alpha value is -0.460. The van der Waals surface area contributed by atoms with Crippen molar-refractivity contribution in [2.75, 3.05) is 6.54 Å². The van der Waals surface area contributed by atoms with Crippen molar-refractivity contribution in [1.29, 1.82) is 0 Å². The Bertz CT molecular complexity index is 475. The Morgan fingerprint density at radius 2 is 2.25 bits per heavy atom. The molecule has 1 N–H and O–H groups in total. The topological polar surface area (TPSA) is 59.1 Å². The van der Waals surface area contributed by atoms with Gasteiger partial charge in [-0.1, -0.05) is 6.92 Å². The zero-order valence-electron chi connectivity index (χ0n) is 9.49. The van der Waals surface area contributed by atoms with Gasteiger partial charge in [0.1, 0.15) is 0 Å². The van der Waals surface area contributed by atoms with Gasteiger partial charge in [0.15, 0.2) is 4.21 Å². The summed E-state index contributed by atoms with van der Waals surface area (Å²) < 4.78 is 30.8. The molecule has 0 radical (unpaired) electrons. The van der Waals surface area contributed by atoms with Crippen LogP contribution in [-0.2, 0) is 10.0 Å². The molecule has 90 valence electrons. The van der Waals surface area contributed by atoms with Crippen LogP contribution in [0.5, 0.6) is 0 Å². The summed E-state index contributed by atoms with van der Waals surface area (Å²) in [5.74, 6) is 0. The van der Waals surface area contributed by atoms with Crippen LogP contribution in [0.4, 0.5) is 0 Å². The van der Waals surface area contributed by atoms with E-state index in [0.717, 1.165) is 36.5 Å². The van der Waals surface area contributed by atoms with Gasteiger partial charge in [0.05, 0.1) is 5.69 Å². The summed E-state index contributed by atoms with van der Waals surface area (Å²) in [6, 6.07) is 1.61. The highest BCUT2D eigenvalue weighted by molar-refractivity contribution is 7.91. The van der Waals surface area contributed by atoms with Crippen molar-refractivity contribution in [3.63, 3.8) is 0 Å². The van der Waals surface area contributed by atoms with E-state index in [0.29, 0.717) is 10.8 Å². The maximum Gasteiger partial charge on any atom is 0.251 e. The molecule has 16 heavy (non-hydrogen) atoms. The normalized spacial score (nSPS) is 18.6. The van der Waals surface area contributed by atoms with E-state index in [9.17, 15) is 8.42 Å². The first-order chi connectivity index (χ1) is 7.47. The van der Waals surface area contributed by atoms with Crippen LogP contribution in [0.3, 0.4) is 0 Å². The lowest BCUT2D eigenvalue weighted by molar-refractivity contribution is 0.476. The molecule has 0 aromatic carbocycles. The van der Waals surface area contributed by atoms with Gasteiger partial charge in [-0.05, 0) is 49.2 Å². The molecule has 1 heterocycles. The molecule has 1 aliphatic rings. The van der Waals surface area contributed by atoms with Gasteiger partial charge in [0.2, 0.25) is 0 Å². The van der Waals surface area contributed by atoms with Gasteiger partial charge in [0.25, 0.3) is 10.0 Å². The van der Waals surface area contributed by atoms with Gasteiger partial charge in [-0.2, -0.15) is 4.37 Å². The quantitative estimate of drug-likeness (QED) is 0.880. The molecule has 0 bridgehead atoms. The van der Waals surface area contributed by atoms with Gasteiger partial charge >= 0.3 is 0 Å². The standard InChI is InChI=1S/C10H16N2O2S2/c1-3-10(4-5-10)7-11-16(13,14)9-6-8(2)12-15-9/h6,11H,3-5,7H2,1-2H3. The molecule has 0 saturated heterocycles. The zero-order valence-corrected chi connectivity index (χ0v) is 11.1. The fraction of sp³-hybridized carbons (Fsp3) is 0.700. The van der Waals surface area contributed by atoms with Crippen LogP contribution in [0.2, 0.25) is 0 Å². The number of nitrogens with one attached hydrogen (secondary N) is 1. The van der Waals surface area contributed by atoms with Crippen LogP contribution < -0.4 is 4.72 Å². The third-order valence-electron chi connectivity index (χ3n) is 3.22. The number of sulfonamides is 1. The van der Waals surface area contributed by atoms with E-state index < -0.39 is 10.0 Å². The summed E-state index contributed by atoms with van der Waals surface area (Å²) in [6.45, 7) is 4.46. The van der Waals surface area contributed by atoms with Crippen LogP contribution in [0.15, 0.2) is 10.3 Å². The van der Waals surface area contributed by atoms with Crippen LogP contribution in [0.1, 0.15) is 31.9 Å². The Morgan fingerprint density at radius 1 is 1.56 bits per heavy atom. The summed E-state index contributed by atoms with van der Waals surface area (Å²) in [6.07, 6.45) is 3.30. The molecule has 2 rings (SSSR count). The average molecular weight is 260 g/mol. The van der Waals surface area contributed by atoms with Gasteiger partial charge in [-0.3, -0.25) is 0 Å². The number of rotatable bonds is 5. The second-order valence-electron chi connectivity index (χ2n) is 4.47. The van der Waals surface area contributed by atoms with Crippen molar-refractivity contribution in [1.82, 2.24) is 9.10 Å². The molecule has 0 unspecified atom stereocenters. The third-order valence-corrected chi connectivity index (χ3v) is 5.95. The molecule has 1 aliphatic carbocycles. The summed E-state index contributed by atoms with van der Waals surface area (Å²) in [5, 5.41) is 0. The lowest BCUT2D eigenvalue weighted by Crippen LogP contribution is -2.29. The van der Waals surface area contributed by atoms with Crippen LogP contribution in [0.25, 0.3) is 0 Å². The molecule has 0 spiro atoms. The summed E-state index contributed by atoms with van der Waals surface area (Å²) in [7, 11) is -3.34. The van der Waals surface area contributed by atoms with E-state index >= 15 is 0 Å². The molecular weight excluding hydrogens is 244 g/mol. The number of nitrogens with zero attached hydrogens (tertiary/aromatic N) is 1. The highest BCUT2D eigenvalue weighted by atomic mass is 32.2. The summed E-state index contributed by atoms with van der Waals surface area (Å²) in [5.41, 5.74) is 0.981. The van der Waals surface area contributed by atoms with E-state index in [1.807, 2.05) is 0 Å². The number of hydrogen-bond acceptors (Lipinski definition) is 4. The average Bonchev–Trinajstić information content (AvgIpc) is 2.91. The van der Waals surface area contributed by atoms with E-state index in [1.54, 1.807) is 13.0 Å². The molecule has 0 aliphatic heterocycles. The summed E-state index contributed by atoms with van der Waals surface area (Å²) >= 11 is 1.03. The van der Waals surface area contributed by atoms with Crippen LogP contribution in [0, 0.1) is 12.3 Å². The monoisotopic (exact) mass is 260 g/mol. The molecule has 4 nitrogen and oxygen atoms in total. The van der Waals surface area contributed by atoms with Gasteiger partial charge in [-0.15, -0.1) is 0 Å². The maximum absolute atomic E-state index is 11.9. The van der Waals surface area contributed by atoms with Gasteiger partial charge in [0, 0.05) is 6.54 Å². The second kappa shape index (κ2) is 4.09. The summed E-state index contributed by atoms with van der Waals surface area (Å²) in [4.78, 5) is 0. The van der Waals surface area contributed by atoms with Gasteiger partial charge < -0.3 is 0 Å². The predicted octanol–water partition coefficient (Wildman–Crippen LogP) is 1.92. The molecule has 1 aromatic rings. The van der Waals surface area contributed by atoms with Crippen molar-refractivity contribution in [3.05, 3.63) is 11.8 Å². The SMILES string of the molecule is CCC1(CNS(=O)(=O)c2cc(C)ns2)CC1. The second-order valence-corrected chi connectivity index (χ2v) is 7.26. The van der Waals surface area contributed by atoms with Crippen molar-refractivity contribution in [2.24, 2.45) is 5.41 Å². The highest BCUT2D eigenvalue weighted by Gasteiger charge is 2.41. The minimum absolute atomic E-state index is 0.229. The van der Waals surface area contributed by atoms with E-state index in [-0.39, 0.29) is 5.41 Å². The fourth-order valence-corrected chi connectivity index (χ4v) is 3.77. The van der Waals surface area contributed by atoms with Crippen molar-refractivity contribution >= 4 is 21.6 Å². The van der Waals surface area contributed by atoms with Crippen molar-refractivity contribution in [2.45, 2.75) is 37.3 Å². The smallest absolute Gasteiger partial charge is 0.210 e. The molecule has 1 saturated carbocycles. The minimum atomic E-state index is -3.34. The predicted molar refractivity (Wildman–Crippen MR) is 64.0 cm³/mol. The molecule has 0 atom stereocenters. The number of hydrogen-bond donors (Lipinski definition) is 1.